The molecule has 2 aliphatic rings. The number of hydrogen-bond donors (Lipinski definition) is 2. The number of carbonyl (C=O) groups is 1. The molecule has 1 saturated heterocycles. The van der Waals surface area contributed by atoms with Crippen LogP contribution >= 0.6 is 23.4 Å². The summed E-state index contributed by atoms with van der Waals surface area (Å²) in [5.41, 5.74) is 1.16. The van der Waals surface area contributed by atoms with E-state index in [4.69, 9.17) is 11.6 Å². The molecule has 3 rings (SSSR count). The van der Waals surface area contributed by atoms with E-state index in [0.717, 1.165) is 42.1 Å². The van der Waals surface area contributed by atoms with Crippen molar-refractivity contribution in [3.8, 4) is 0 Å². The van der Waals surface area contributed by atoms with Gasteiger partial charge in [-0.3, -0.25) is 4.79 Å². The van der Waals surface area contributed by atoms with Crippen molar-refractivity contribution >= 4 is 29.3 Å². The van der Waals surface area contributed by atoms with Crippen molar-refractivity contribution in [3.05, 3.63) is 28.8 Å². The van der Waals surface area contributed by atoms with Crippen LogP contribution in [0.2, 0.25) is 5.02 Å². The monoisotopic (exact) mass is 324 g/mol. The third-order valence-corrected chi connectivity index (χ3v) is 5.74. The van der Waals surface area contributed by atoms with Gasteiger partial charge in [0.05, 0.1) is 12.1 Å². The first-order chi connectivity index (χ1) is 10.1. The molecule has 114 valence electrons. The second-order valence-electron chi connectivity index (χ2n) is 5.93. The minimum atomic E-state index is -0.0593. The second kappa shape index (κ2) is 6.59. The van der Waals surface area contributed by atoms with Crippen LogP contribution < -0.4 is 10.6 Å². The zero-order valence-corrected chi connectivity index (χ0v) is 13.8. The van der Waals surface area contributed by atoms with Crippen molar-refractivity contribution in [2.75, 3.05) is 12.3 Å². The largest absolute Gasteiger partial charge is 0.348 e. The Kier molecular flexibility index (Phi) is 4.77. The summed E-state index contributed by atoms with van der Waals surface area (Å²) in [6, 6.07) is 6.00. The molecular formula is C16H21ClN2OS. The molecule has 3 unspecified atom stereocenters. The van der Waals surface area contributed by atoms with Crippen LogP contribution in [0.4, 0.5) is 0 Å². The number of hydrogen-bond acceptors (Lipinski definition) is 3. The van der Waals surface area contributed by atoms with E-state index in [-0.39, 0.29) is 18.0 Å². The first kappa shape index (κ1) is 15.2. The highest BCUT2D eigenvalue weighted by atomic mass is 35.5. The van der Waals surface area contributed by atoms with Gasteiger partial charge < -0.3 is 10.6 Å². The lowest BCUT2D eigenvalue weighted by Gasteiger charge is -2.32. The minimum Gasteiger partial charge on any atom is -0.348 e. The molecule has 3 nitrogen and oxygen atoms in total. The zero-order valence-electron chi connectivity index (χ0n) is 12.2. The fourth-order valence-electron chi connectivity index (χ4n) is 3.18. The molecule has 1 aromatic carbocycles. The molecule has 2 heterocycles. The molecule has 0 saturated carbocycles. The Morgan fingerprint density at radius 3 is 3.10 bits per heavy atom. The number of benzene rings is 1. The van der Waals surface area contributed by atoms with E-state index < -0.39 is 0 Å². The number of thioether (sulfide) groups is 1. The lowest BCUT2D eigenvalue weighted by atomic mass is 9.91. The lowest BCUT2D eigenvalue weighted by molar-refractivity contribution is -0.125. The molecule has 2 aliphatic heterocycles. The van der Waals surface area contributed by atoms with Crippen molar-refractivity contribution in [2.45, 2.75) is 43.2 Å². The van der Waals surface area contributed by atoms with E-state index >= 15 is 0 Å². The van der Waals surface area contributed by atoms with E-state index in [0.29, 0.717) is 5.92 Å². The maximum atomic E-state index is 12.6. The molecule has 1 amide bonds. The van der Waals surface area contributed by atoms with Crippen LogP contribution in [0.25, 0.3) is 0 Å². The summed E-state index contributed by atoms with van der Waals surface area (Å²) >= 11 is 7.95. The van der Waals surface area contributed by atoms with Crippen molar-refractivity contribution in [1.82, 2.24) is 10.6 Å². The molecule has 0 bridgehead atoms. The number of rotatable bonds is 2. The fourth-order valence-corrected chi connectivity index (χ4v) is 4.46. The maximum absolute atomic E-state index is 12.6. The highest BCUT2D eigenvalue weighted by molar-refractivity contribution is 7.99. The molecule has 0 aliphatic carbocycles. The number of amides is 1. The van der Waals surface area contributed by atoms with Gasteiger partial charge in [-0.1, -0.05) is 18.5 Å². The maximum Gasteiger partial charge on any atom is 0.237 e. The van der Waals surface area contributed by atoms with Crippen LogP contribution in [0.15, 0.2) is 23.1 Å². The molecule has 1 fully saturated rings. The van der Waals surface area contributed by atoms with Crippen LogP contribution in [0.3, 0.4) is 0 Å². The van der Waals surface area contributed by atoms with E-state index in [1.165, 1.54) is 4.90 Å². The predicted molar refractivity (Wildman–Crippen MR) is 87.9 cm³/mol. The van der Waals surface area contributed by atoms with Crippen LogP contribution in [0.1, 0.15) is 37.8 Å². The van der Waals surface area contributed by atoms with Crippen LogP contribution in [0.5, 0.6) is 0 Å². The average molecular weight is 325 g/mol. The van der Waals surface area contributed by atoms with E-state index in [2.05, 4.69) is 23.6 Å². The topological polar surface area (TPSA) is 41.1 Å². The quantitative estimate of drug-likeness (QED) is 0.876. The summed E-state index contributed by atoms with van der Waals surface area (Å²) in [6.07, 6.45) is 3.24. The Labute approximate surface area is 135 Å². The summed E-state index contributed by atoms with van der Waals surface area (Å²) in [6.45, 7) is 3.09. The number of carbonyl (C=O) groups excluding carboxylic acids is 1. The van der Waals surface area contributed by atoms with Gasteiger partial charge in [0.25, 0.3) is 0 Å². The Bertz CT molecular complexity index is 537. The normalized spacial score (nSPS) is 28.8. The number of piperidine rings is 1. The molecular weight excluding hydrogens is 304 g/mol. The molecule has 1 aromatic rings. The Hall–Kier alpha value is -0.710. The van der Waals surface area contributed by atoms with Crippen molar-refractivity contribution in [1.29, 1.82) is 0 Å². The minimum absolute atomic E-state index is 0.0593. The van der Waals surface area contributed by atoms with Gasteiger partial charge in [0.1, 0.15) is 0 Å². The molecule has 3 atom stereocenters. The van der Waals surface area contributed by atoms with Crippen LogP contribution in [-0.2, 0) is 4.79 Å². The standard InChI is InChI=1S/C16H21ClN2OS/c1-10-3-2-7-18-15(10)16(20)19-13-6-8-21-14-5-4-11(17)9-12(13)14/h4-5,9-10,13,15,18H,2-3,6-8H2,1H3,(H,19,20). The molecule has 21 heavy (non-hydrogen) atoms. The SMILES string of the molecule is CC1CCCNC1C(=O)NC1CCSc2ccc(Cl)cc21. The van der Waals surface area contributed by atoms with Crippen molar-refractivity contribution < 1.29 is 4.79 Å². The van der Waals surface area contributed by atoms with E-state index in [1.807, 2.05) is 23.9 Å². The zero-order chi connectivity index (χ0) is 14.8. The number of fused-ring (bicyclic) bond motifs is 1. The summed E-state index contributed by atoms with van der Waals surface area (Å²) < 4.78 is 0. The Morgan fingerprint density at radius 1 is 1.43 bits per heavy atom. The molecule has 5 heteroatoms. The van der Waals surface area contributed by atoms with Gasteiger partial charge in [0, 0.05) is 15.7 Å². The second-order valence-corrected chi connectivity index (χ2v) is 7.50. The lowest BCUT2D eigenvalue weighted by Crippen LogP contribution is -2.51. The average Bonchev–Trinajstić information content (AvgIpc) is 2.48. The predicted octanol–water partition coefficient (Wildman–Crippen LogP) is 3.38. The van der Waals surface area contributed by atoms with Gasteiger partial charge >= 0.3 is 0 Å². The van der Waals surface area contributed by atoms with Gasteiger partial charge in [0.15, 0.2) is 0 Å². The van der Waals surface area contributed by atoms with Gasteiger partial charge in [-0.25, -0.2) is 0 Å². The van der Waals surface area contributed by atoms with Crippen molar-refractivity contribution in [2.24, 2.45) is 5.92 Å². The third-order valence-electron chi connectivity index (χ3n) is 4.38. The van der Waals surface area contributed by atoms with Crippen LogP contribution in [-0.4, -0.2) is 24.2 Å². The number of nitrogens with one attached hydrogen (secondary N) is 2. The highest BCUT2D eigenvalue weighted by Gasteiger charge is 2.30. The molecule has 0 spiro atoms. The van der Waals surface area contributed by atoms with Gasteiger partial charge in [0.2, 0.25) is 5.91 Å². The van der Waals surface area contributed by atoms with Crippen molar-refractivity contribution in [3.63, 3.8) is 0 Å². The van der Waals surface area contributed by atoms with Gasteiger partial charge in [-0.15, -0.1) is 11.8 Å². The highest BCUT2D eigenvalue weighted by Crippen LogP contribution is 2.37. The molecule has 0 aromatic heterocycles. The molecule has 2 N–H and O–H groups in total. The number of halogens is 1. The fraction of sp³-hybridized carbons (Fsp3) is 0.562. The smallest absolute Gasteiger partial charge is 0.237 e. The third kappa shape index (κ3) is 3.38. The summed E-state index contributed by atoms with van der Waals surface area (Å²) in [5, 5.41) is 7.32. The molecule has 0 radical (unpaired) electrons. The summed E-state index contributed by atoms with van der Waals surface area (Å²) in [4.78, 5) is 13.8. The Balaban J connectivity index is 1.74. The van der Waals surface area contributed by atoms with E-state index in [9.17, 15) is 4.79 Å². The van der Waals surface area contributed by atoms with E-state index in [1.54, 1.807) is 0 Å². The van der Waals surface area contributed by atoms with Gasteiger partial charge in [-0.05, 0) is 55.5 Å². The Morgan fingerprint density at radius 2 is 2.29 bits per heavy atom. The van der Waals surface area contributed by atoms with Gasteiger partial charge in [-0.2, -0.15) is 0 Å². The first-order valence-electron chi connectivity index (χ1n) is 7.61. The first-order valence-corrected chi connectivity index (χ1v) is 8.97. The summed E-state index contributed by atoms with van der Waals surface area (Å²) in [5.74, 6) is 1.56. The van der Waals surface area contributed by atoms with Crippen LogP contribution in [0, 0.1) is 5.92 Å². The summed E-state index contributed by atoms with van der Waals surface area (Å²) in [7, 11) is 0.